The lowest BCUT2D eigenvalue weighted by molar-refractivity contribution is -0.140. The SMILES string of the molecule is C[C@@H]1C2Cc3ccc(O)cc3C1(c1ccccc1)CCN2CC(=O)O. The Morgan fingerprint density at radius 3 is 2.72 bits per heavy atom. The Hall–Kier alpha value is -2.33. The van der Waals surface area contributed by atoms with Gasteiger partial charge in [0.15, 0.2) is 0 Å². The smallest absolute Gasteiger partial charge is 0.317 e. The average molecular weight is 337 g/mol. The number of benzene rings is 2. The van der Waals surface area contributed by atoms with Crippen LogP contribution < -0.4 is 0 Å². The molecule has 2 unspecified atom stereocenters. The number of phenols is 1. The molecule has 0 aromatic heterocycles. The topological polar surface area (TPSA) is 60.8 Å². The molecule has 1 aliphatic heterocycles. The van der Waals surface area contributed by atoms with Crippen molar-refractivity contribution in [2.75, 3.05) is 13.1 Å². The molecule has 4 heteroatoms. The van der Waals surface area contributed by atoms with Crippen molar-refractivity contribution >= 4 is 5.97 Å². The molecule has 1 saturated heterocycles. The normalized spacial score (nSPS) is 28.4. The first-order chi connectivity index (χ1) is 12.0. The van der Waals surface area contributed by atoms with Crippen molar-refractivity contribution in [2.24, 2.45) is 5.92 Å². The summed E-state index contributed by atoms with van der Waals surface area (Å²) in [6.07, 6.45) is 1.69. The maximum atomic E-state index is 11.3. The molecule has 0 radical (unpaired) electrons. The molecule has 0 amide bonds. The van der Waals surface area contributed by atoms with Crippen molar-refractivity contribution in [3.05, 3.63) is 65.2 Å². The van der Waals surface area contributed by atoms with E-state index < -0.39 is 5.97 Å². The third-order valence-electron chi connectivity index (χ3n) is 6.25. The van der Waals surface area contributed by atoms with E-state index in [0.717, 1.165) is 19.4 Å². The highest BCUT2D eigenvalue weighted by atomic mass is 16.4. The molecular weight excluding hydrogens is 314 g/mol. The number of carboxylic acids is 1. The second-order valence-corrected chi connectivity index (χ2v) is 7.35. The van der Waals surface area contributed by atoms with E-state index in [0.29, 0.717) is 5.75 Å². The first kappa shape index (κ1) is 16.2. The van der Waals surface area contributed by atoms with Crippen LogP contribution >= 0.6 is 0 Å². The largest absolute Gasteiger partial charge is 0.508 e. The van der Waals surface area contributed by atoms with Gasteiger partial charge in [-0.05, 0) is 47.6 Å². The van der Waals surface area contributed by atoms with Gasteiger partial charge in [-0.1, -0.05) is 43.3 Å². The van der Waals surface area contributed by atoms with Gasteiger partial charge in [0, 0.05) is 18.0 Å². The van der Waals surface area contributed by atoms with Crippen LogP contribution in [0.1, 0.15) is 30.0 Å². The Morgan fingerprint density at radius 2 is 2.00 bits per heavy atom. The minimum Gasteiger partial charge on any atom is -0.508 e. The Bertz CT molecular complexity index is 804. The Labute approximate surface area is 147 Å². The van der Waals surface area contributed by atoms with E-state index in [1.54, 1.807) is 6.07 Å². The molecule has 1 aliphatic carbocycles. The van der Waals surface area contributed by atoms with E-state index in [4.69, 9.17) is 0 Å². The fraction of sp³-hybridized carbons (Fsp3) is 0.381. The van der Waals surface area contributed by atoms with Crippen molar-refractivity contribution in [1.29, 1.82) is 0 Å². The monoisotopic (exact) mass is 337 g/mol. The molecule has 0 saturated carbocycles. The zero-order chi connectivity index (χ0) is 17.6. The molecule has 130 valence electrons. The van der Waals surface area contributed by atoms with E-state index in [-0.39, 0.29) is 23.9 Å². The molecular formula is C21H23NO3. The summed E-state index contributed by atoms with van der Waals surface area (Å²) in [5.74, 6) is -0.194. The van der Waals surface area contributed by atoms with Gasteiger partial charge in [-0.25, -0.2) is 0 Å². The fourth-order valence-corrected chi connectivity index (χ4v) is 5.10. The molecule has 4 rings (SSSR count). The number of hydrogen-bond donors (Lipinski definition) is 2. The van der Waals surface area contributed by atoms with Crippen LogP contribution in [-0.4, -0.2) is 40.2 Å². The summed E-state index contributed by atoms with van der Waals surface area (Å²) in [6, 6.07) is 16.3. The maximum Gasteiger partial charge on any atom is 0.317 e. The summed E-state index contributed by atoms with van der Waals surface area (Å²) in [6.45, 7) is 3.08. The molecule has 25 heavy (non-hydrogen) atoms. The molecule has 1 heterocycles. The second kappa shape index (κ2) is 5.88. The highest BCUT2D eigenvalue weighted by Crippen LogP contribution is 2.53. The van der Waals surface area contributed by atoms with Crippen LogP contribution in [0.25, 0.3) is 0 Å². The number of aliphatic carboxylic acids is 1. The number of rotatable bonds is 3. The summed E-state index contributed by atoms with van der Waals surface area (Å²) in [7, 11) is 0. The van der Waals surface area contributed by atoms with Gasteiger partial charge in [0.25, 0.3) is 0 Å². The van der Waals surface area contributed by atoms with Crippen molar-refractivity contribution < 1.29 is 15.0 Å². The van der Waals surface area contributed by atoms with E-state index in [1.165, 1.54) is 16.7 Å². The average Bonchev–Trinajstić information content (AvgIpc) is 2.59. The minimum atomic E-state index is -0.768. The molecule has 3 atom stereocenters. The first-order valence-electron chi connectivity index (χ1n) is 8.86. The van der Waals surface area contributed by atoms with Gasteiger partial charge in [-0.2, -0.15) is 0 Å². The van der Waals surface area contributed by atoms with E-state index in [2.05, 4.69) is 36.1 Å². The Morgan fingerprint density at radius 1 is 1.24 bits per heavy atom. The predicted octanol–water partition coefficient (Wildman–Crippen LogP) is 3.03. The Balaban J connectivity index is 1.89. The molecule has 2 N–H and O–H groups in total. The van der Waals surface area contributed by atoms with Gasteiger partial charge in [-0.3, -0.25) is 9.69 Å². The van der Waals surface area contributed by atoms with Gasteiger partial charge in [-0.15, -0.1) is 0 Å². The Kier molecular flexibility index (Phi) is 3.80. The summed E-state index contributed by atoms with van der Waals surface area (Å²) < 4.78 is 0. The molecule has 2 aromatic carbocycles. The van der Waals surface area contributed by atoms with Crippen LogP contribution in [0.3, 0.4) is 0 Å². The quantitative estimate of drug-likeness (QED) is 0.904. The summed E-state index contributed by atoms with van der Waals surface area (Å²) >= 11 is 0. The lowest BCUT2D eigenvalue weighted by atomic mass is 9.55. The number of likely N-dealkylation sites (tertiary alicyclic amines) is 1. The van der Waals surface area contributed by atoms with Gasteiger partial charge >= 0.3 is 5.97 Å². The third kappa shape index (κ3) is 2.44. The van der Waals surface area contributed by atoms with Crippen LogP contribution in [0.5, 0.6) is 5.75 Å². The lowest BCUT2D eigenvalue weighted by Crippen LogP contribution is -2.60. The number of hydrogen-bond acceptors (Lipinski definition) is 3. The zero-order valence-corrected chi connectivity index (χ0v) is 14.4. The van der Waals surface area contributed by atoms with Crippen LogP contribution in [0.2, 0.25) is 0 Å². The molecule has 2 aromatic rings. The van der Waals surface area contributed by atoms with Crippen LogP contribution in [0, 0.1) is 5.92 Å². The minimum absolute atomic E-state index is 0.0906. The van der Waals surface area contributed by atoms with Crippen molar-refractivity contribution in [3.8, 4) is 5.75 Å². The molecule has 0 spiro atoms. The van der Waals surface area contributed by atoms with Crippen molar-refractivity contribution in [1.82, 2.24) is 4.90 Å². The molecule has 2 aliphatic rings. The second-order valence-electron chi connectivity index (χ2n) is 7.35. The van der Waals surface area contributed by atoms with Gasteiger partial charge in [0.1, 0.15) is 5.75 Å². The number of phenolic OH excluding ortho intramolecular Hbond substituents is 1. The number of carboxylic acid groups (broad SMARTS) is 1. The van der Waals surface area contributed by atoms with E-state index in [1.807, 2.05) is 18.2 Å². The highest BCUT2D eigenvalue weighted by Gasteiger charge is 2.52. The van der Waals surface area contributed by atoms with Crippen LogP contribution in [0.15, 0.2) is 48.5 Å². The van der Waals surface area contributed by atoms with Gasteiger partial charge in [0.05, 0.1) is 6.54 Å². The highest BCUT2D eigenvalue weighted by molar-refractivity contribution is 5.69. The first-order valence-corrected chi connectivity index (χ1v) is 8.86. The van der Waals surface area contributed by atoms with E-state index >= 15 is 0 Å². The van der Waals surface area contributed by atoms with Crippen LogP contribution in [-0.2, 0) is 16.6 Å². The predicted molar refractivity (Wildman–Crippen MR) is 95.8 cm³/mol. The summed E-state index contributed by atoms with van der Waals surface area (Å²) in [5.41, 5.74) is 3.51. The fourth-order valence-electron chi connectivity index (χ4n) is 5.10. The number of aromatic hydroxyl groups is 1. The van der Waals surface area contributed by atoms with Crippen molar-refractivity contribution in [3.63, 3.8) is 0 Å². The van der Waals surface area contributed by atoms with Crippen molar-refractivity contribution in [2.45, 2.75) is 31.2 Å². The molecule has 2 bridgehead atoms. The number of piperidine rings is 1. The number of nitrogens with zero attached hydrogens (tertiary/aromatic N) is 1. The summed E-state index contributed by atoms with van der Waals surface area (Å²) in [4.78, 5) is 13.4. The molecule has 4 nitrogen and oxygen atoms in total. The summed E-state index contributed by atoms with van der Waals surface area (Å²) in [5, 5.41) is 19.4. The molecule has 1 fully saturated rings. The maximum absolute atomic E-state index is 11.3. The lowest BCUT2D eigenvalue weighted by Gasteiger charge is -2.56. The van der Waals surface area contributed by atoms with Gasteiger partial charge in [0.2, 0.25) is 0 Å². The number of fused-ring (bicyclic) bond motifs is 4. The van der Waals surface area contributed by atoms with Crippen LogP contribution in [0.4, 0.5) is 0 Å². The van der Waals surface area contributed by atoms with E-state index in [9.17, 15) is 15.0 Å². The number of carbonyl (C=O) groups is 1. The standard InChI is InChI=1S/C21H23NO3/c1-14-19-11-15-7-8-17(23)12-18(15)21(14,16-5-3-2-4-6-16)9-10-22(19)13-20(24)25/h2-8,12,14,19,23H,9-11,13H2,1H3,(H,24,25)/t14-,19?,21?/m1/s1. The van der Waals surface area contributed by atoms with Gasteiger partial charge < -0.3 is 10.2 Å². The third-order valence-corrected chi connectivity index (χ3v) is 6.25. The zero-order valence-electron chi connectivity index (χ0n) is 14.4.